The Labute approximate surface area is 157 Å². The van der Waals surface area contributed by atoms with E-state index in [0.29, 0.717) is 32.4 Å². The summed E-state index contributed by atoms with van der Waals surface area (Å²) in [7, 11) is -3.47. The molecule has 1 unspecified atom stereocenters. The van der Waals surface area contributed by atoms with E-state index in [1.54, 1.807) is 0 Å². The van der Waals surface area contributed by atoms with Crippen LogP contribution in [0.5, 0.6) is 0 Å². The fourth-order valence-electron chi connectivity index (χ4n) is 3.41. The number of carbonyl (C=O) groups excluding carboxylic acids is 1. The highest BCUT2D eigenvalue weighted by Gasteiger charge is 2.48. The summed E-state index contributed by atoms with van der Waals surface area (Å²) in [5.74, 6) is -0.358. The van der Waals surface area contributed by atoms with E-state index in [9.17, 15) is 13.2 Å². The van der Waals surface area contributed by atoms with Crippen LogP contribution in [0.15, 0.2) is 18.2 Å². The lowest BCUT2D eigenvalue weighted by Crippen LogP contribution is -2.58. The number of amides is 1. The Hall–Kier alpha value is -1.11. The van der Waals surface area contributed by atoms with Crippen LogP contribution in [0.3, 0.4) is 0 Å². The molecule has 0 saturated carbocycles. The number of benzene rings is 1. The van der Waals surface area contributed by atoms with Gasteiger partial charge in [-0.25, -0.2) is 8.42 Å². The zero-order valence-corrected chi connectivity index (χ0v) is 17.0. The van der Waals surface area contributed by atoms with Gasteiger partial charge in [0.15, 0.2) is 14.6 Å². The minimum Gasteiger partial charge on any atom is -0.352 e. The monoisotopic (exact) mass is 388 g/mol. The first-order valence-corrected chi connectivity index (χ1v) is 10.3. The van der Waals surface area contributed by atoms with Crippen molar-refractivity contribution in [2.24, 2.45) is 0 Å². The summed E-state index contributed by atoms with van der Waals surface area (Å²) in [5, 5.41) is 6.07. The molecule has 1 saturated heterocycles. The number of sulfone groups is 1. The van der Waals surface area contributed by atoms with Gasteiger partial charge in [0.25, 0.3) is 0 Å². The average molecular weight is 389 g/mol. The SMILES string of the molecule is Cc1ccc(CC(C)NC(=O)C2(S(C)(=O)=O)CCNCC2)c(C)c1.Cl. The van der Waals surface area contributed by atoms with Gasteiger partial charge < -0.3 is 10.6 Å². The molecule has 1 amide bonds. The van der Waals surface area contributed by atoms with Gasteiger partial charge in [0.05, 0.1) is 0 Å². The number of nitrogens with one attached hydrogen (secondary N) is 2. The number of aryl methyl sites for hydroxylation is 2. The number of halogens is 1. The minimum absolute atomic E-state index is 0. The van der Waals surface area contributed by atoms with Crippen LogP contribution < -0.4 is 10.6 Å². The van der Waals surface area contributed by atoms with Gasteiger partial charge in [0.1, 0.15) is 0 Å². The molecule has 0 aliphatic carbocycles. The summed E-state index contributed by atoms with van der Waals surface area (Å²) in [5.41, 5.74) is 3.57. The highest BCUT2D eigenvalue weighted by Crippen LogP contribution is 2.28. The molecule has 1 aromatic rings. The third-order valence-corrected chi connectivity index (χ3v) is 6.95. The molecule has 1 aliphatic heterocycles. The van der Waals surface area contributed by atoms with Crippen LogP contribution in [0.2, 0.25) is 0 Å². The molecule has 0 bridgehead atoms. The smallest absolute Gasteiger partial charge is 0.241 e. The van der Waals surface area contributed by atoms with Crippen LogP contribution in [0.25, 0.3) is 0 Å². The molecule has 0 aromatic heterocycles. The first-order chi connectivity index (χ1) is 11.2. The number of hydrogen-bond donors (Lipinski definition) is 2. The Morgan fingerprint density at radius 3 is 2.40 bits per heavy atom. The predicted octanol–water partition coefficient (Wildman–Crippen LogP) is 1.94. The molecule has 1 atom stereocenters. The number of rotatable bonds is 5. The lowest BCUT2D eigenvalue weighted by molar-refractivity contribution is -0.124. The zero-order chi connectivity index (χ0) is 18.0. The van der Waals surface area contributed by atoms with Crippen molar-refractivity contribution in [3.05, 3.63) is 34.9 Å². The topological polar surface area (TPSA) is 75.3 Å². The summed E-state index contributed by atoms with van der Waals surface area (Å²) in [6.07, 6.45) is 2.52. The van der Waals surface area contributed by atoms with Gasteiger partial charge in [0, 0.05) is 12.3 Å². The molecule has 25 heavy (non-hydrogen) atoms. The molecule has 1 fully saturated rings. The maximum absolute atomic E-state index is 12.8. The molecule has 1 aliphatic rings. The maximum Gasteiger partial charge on any atom is 0.241 e. The van der Waals surface area contributed by atoms with E-state index in [0.717, 1.165) is 0 Å². The Bertz CT molecular complexity index is 713. The van der Waals surface area contributed by atoms with E-state index in [1.165, 1.54) is 22.9 Å². The van der Waals surface area contributed by atoms with Crippen LogP contribution in [-0.2, 0) is 21.1 Å². The van der Waals surface area contributed by atoms with E-state index < -0.39 is 14.6 Å². The quantitative estimate of drug-likeness (QED) is 0.808. The second-order valence-electron chi connectivity index (χ2n) is 7.03. The van der Waals surface area contributed by atoms with Crippen molar-refractivity contribution in [1.82, 2.24) is 10.6 Å². The largest absolute Gasteiger partial charge is 0.352 e. The number of piperidine rings is 1. The second-order valence-corrected chi connectivity index (χ2v) is 9.35. The third-order valence-electron chi connectivity index (χ3n) is 4.94. The highest BCUT2D eigenvalue weighted by molar-refractivity contribution is 7.92. The van der Waals surface area contributed by atoms with Crippen molar-refractivity contribution in [3.8, 4) is 0 Å². The third kappa shape index (κ3) is 4.96. The van der Waals surface area contributed by atoms with Gasteiger partial charge in [-0.2, -0.15) is 0 Å². The molecule has 7 heteroatoms. The van der Waals surface area contributed by atoms with Crippen molar-refractivity contribution >= 4 is 28.2 Å². The fraction of sp³-hybridized carbons (Fsp3) is 0.611. The summed E-state index contributed by atoms with van der Waals surface area (Å²) >= 11 is 0. The van der Waals surface area contributed by atoms with Gasteiger partial charge in [-0.15, -0.1) is 12.4 Å². The van der Waals surface area contributed by atoms with Gasteiger partial charge in [0.2, 0.25) is 5.91 Å². The summed E-state index contributed by atoms with van der Waals surface area (Å²) in [4.78, 5) is 12.8. The van der Waals surface area contributed by atoms with Crippen LogP contribution in [0.1, 0.15) is 36.5 Å². The number of carbonyl (C=O) groups is 1. The molecule has 2 rings (SSSR count). The van der Waals surface area contributed by atoms with Crippen LogP contribution in [0, 0.1) is 13.8 Å². The van der Waals surface area contributed by atoms with Crippen molar-refractivity contribution in [2.45, 2.75) is 50.8 Å². The lowest BCUT2D eigenvalue weighted by atomic mass is 9.94. The van der Waals surface area contributed by atoms with E-state index >= 15 is 0 Å². The van der Waals surface area contributed by atoms with E-state index in [2.05, 4.69) is 42.7 Å². The van der Waals surface area contributed by atoms with Crippen molar-refractivity contribution in [1.29, 1.82) is 0 Å². The first kappa shape index (κ1) is 21.9. The van der Waals surface area contributed by atoms with E-state index in [4.69, 9.17) is 0 Å². The molecule has 1 aromatic carbocycles. The Morgan fingerprint density at radius 1 is 1.28 bits per heavy atom. The average Bonchev–Trinajstić information content (AvgIpc) is 2.49. The number of hydrogen-bond acceptors (Lipinski definition) is 4. The zero-order valence-electron chi connectivity index (χ0n) is 15.4. The van der Waals surface area contributed by atoms with Gasteiger partial charge in [-0.3, -0.25) is 4.79 Å². The normalized spacial score (nSPS) is 18.1. The van der Waals surface area contributed by atoms with Gasteiger partial charge in [-0.1, -0.05) is 23.8 Å². The molecular formula is C18H29ClN2O3S. The fourth-order valence-corrected chi connectivity index (χ4v) is 4.75. The van der Waals surface area contributed by atoms with Crippen LogP contribution in [0.4, 0.5) is 0 Å². The van der Waals surface area contributed by atoms with Crippen LogP contribution >= 0.6 is 12.4 Å². The molecule has 2 N–H and O–H groups in total. The van der Waals surface area contributed by atoms with Crippen molar-refractivity contribution < 1.29 is 13.2 Å². The molecule has 1 heterocycles. The minimum atomic E-state index is -3.47. The van der Waals surface area contributed by atoms with Crippen molar-refractivity contribution in [2.75, 3.05) is 19.3 Å². The molecule has 142 valence electrons. The summed E-state index contributed by atoms with van der Waals surface area (Å²) in [6.45, 7) is 7.13. The molecule has 5 nitrogen and oxygen atoms in total. The predicted molar refractivity (Wildman–Crippen MR) is 104 cm³/mol. The lowest BCUT2D eigenvalue weighted by Gasteiger charge is -2.35. The first-order valence-electron chi connectivity index (χ1n) is 8.43. The Kier molecular flexibility index (Phi) is 7.47. The Morgan fingerprint density at radius 2 is 1.88 bits per heavy atom. The second kappa shape index (κ2) is 8.52. The van der Waals surface area contributed by atoms with Crippen LogP contribution in [-0.4, -0.2) is 44.5 Å². The Balaban J connectivity index is 0.00000312. The van der Waals surface area contributed by atoms with E-state index in [1.807, 2.05) is 6.92 Å². The summed E-state index contributed by atoms with van der Waals surface area (Å²) < 4.78 is 23.3. The highest BCUT2D eigenvalue weighted by atomic mass is 35.5. The van der Waals surface area contributed by atoms with E-state index in [-0.39, 0.29) is 24.4 Å². The standard InChI is InChI=1S/C18H28N2O3S.ClH/c1-13-5-6-16(14(2)11-13)12-15(3)20-17(21)18(24(4,22)23)7-9-19-10-8-18;/h5-6,11,15,19H,7-10,12H2,1-4H3,(H,20,21);1H. The maximum atomic E-state index is 12.8. The van der Waals surface area contributed by atoms with Gasteiger partial charge in [-0.05, 0) is 64.3 Å². The van der Waals surface area contributed by atoms with Crippen molar-refractivity contribution in [3.63, 3.8) is 0 Å². The molecular weight excluding hydrogens is 360 g/mol. The molecule has 0 radical (unpaired) electrons. The summed E-state index contributed by atoms with van der Waals surface area (Å²) in [6, 6.07) is 6.13. The molecule has 0 spiro atoms. The van der Waals surface area contributed by atoms with Gasteiger partial charge >= 0.3 is 0 Å².